The summed E-state index contributed by atoms with van der Waals surface area (Å²) in [6, 6.07) is 0. The first-order valence-corrected chi connectivity index (χ1v) is 6.37. The summed E-state index contributed by atoms with van der Waals surface area (Å²) >= 11 is 3.38. The van der Waals surface area contributed by atoms with Gasteiger partial charge in [0.15, 0.2) is 0 Å². The summed E-state index contributed by atoms with van der Waals surface area (Å²) in [5, 5.41) is 0.808. The molecule has 0 aliphatic rings. The highest BCUT2D eigenvalue weighted by Crippen LogP contribution is 2.10. The van der Waals surface area contributed by atoms with E-state index in [0.717, 1.165) is 23.4 Å². The van der Waals surface area contributed by atoms with Gasteiger partial charge in [-0.05, 0) is 11.5 Å². The number of alkyl halides is 1. The average Bonchev–Trinajstić information content (AvgIpc) is 2.29. The molecule has 1 heterocycles. The van der Waals surface area contributed by atoms with E-state index < -0.39 is 0 Å². The Balaban J connectivity index is 2.61. The van der Waals surface area contributed by atoms with Crippen molar-refractivity contribution < 1.29 is 0 Å². The van der Waals surface area contributed by atoms with E-state index in [4.69, 9.17) is 0 Å². The minimum Gasteiger partial charge on any atom is -0.344 e. The third-order valence-electron chi connectivity index (χ3n) is 2.47. The highest BCUT2D eigenvalue weighted by atomic mass is 79.9. The number of hydrogen-bond acceptors (Lipinski definition) is 3. The first-order valence-electron chi connectivity index (χ1n) is 5.25. The maximum atomic E-state index is 4.32. The molecule has 1 aromatic rings. The van der Waals surface area contributed by atoms with E-state index in [9.17, 15) is 0 Å². The molecule has 0 fully saturated rings. The number of rotatable bonds is 5. The van der Waals surface area contributed by atoms with E-state index >= 15 is 0 Å². The zero-order chi connectivity index (χ0) is 11.3. The van der Waals surface area contributed by atoms with E-state index in [1.807, 2.05) is 19.4 Å². The average molecular weight is 272 g/mol. The zero-order valence-electron chi connectivity index (χ0n) is 9.57. The predicted molar refractivity (Wildman–Crippen MR) is 67.4 cm³/mol. The summed E-state index contributed by atoms with van der Waals surface area (Å²) in [5.41, 5.74) is 1.11. The van der Waals surface area contributed by atoms with Crippen LogP contribution in [-0.4, -0.2) is 23.6 Å². The maximum Gasteiger partial charge on any atom is 0.225 e. The molecule has 84 valence electrons. The lowest BCUT2D eigenvalue weighted by atomic mass is 10.1. The number of nitrogens with zero attached hydrogens (tertiary/aromatic N) is 3. The van der Waals surface area contributed by atoms with Crippen molar-refractivity contribution in [3.05, 3.63) is 18.0 Å². The normalized spacial score (nSPS) is 12.5. The topological polar surface area (TPSA) is 29.0 Å². The summed E-state index contributed by atoms with van der Waals surface area (Å²) in [6.07, 6.45) is 4.91. The molecule has 1 rings (SSSR count). The Morgan fingerprint density at radius 1 is 1.40 bits per heavy atom. The van der Waals surface area contributed by atoms with Crippen LogP contribution in [0, 0.1) is 5.92 Å². The molecular weight excluding hydrogens is 254 g/mol. The van der Waals surface area contributed by atoms with Crippen LogP contribution in [0.2, 0.25) is 0 Å². The standard InChI is InChI=1S/C11H18BrN3/c1-4-9(2)8-15(3)11-13-6-10(5-12)7-14-11/h6-7,9H,4-5,8H2,1-3H3. The van der Waals surface area contributed by atoms with Gasteiger partial charge in [0.25, 0.3) is 0 Å². The van der Waals surface area contributed by atoms with Crippen LogP contribution in [0.1, 0.15) is 25.8 Å². The Kier molecular flexibility index (Phi) is 5.02. The van der Waals surface area contributed by atoms with E-state index in [2.05, 4.69) is 44.6 Å². The number of halogens is 1. The smallest absolute Gasteiger partial charge is 0.225 e. The van der Waals surface area contributed by atoms with Gasteiger partial charge in [-0.25, -0.2) is 9.97 Å². The summed E-state index contributed by atoms with van der Waals surface area (Å²) in [7, 11) is 2.04. The summed E-state index contributed by atoms with van der Waals surface area (Å²) in [5.74, 6) is 1.48. The molecular formula is C11H18BrN3. The van der Waals surface area contributed by atoms with Crippen LogP contribution < -0.4 is 4.90 Å². The second-order valence-corrected chi connectivity index (χ2v) is 4.48. The lowest BCUT2D eigenvalue weighted by Crippen LogP contribution is -2.25. The van der Waals surface area contributed by atoms with Gasteiger partial charge < -0.3 is 4.90 Å². The molecule has 0 aliphatic carbocycles. The molecule has 0 saturated heterocycles. The quantitative estimate of drug-likeness (QED) is 0.772. The largest absolute Gasteiger partial charge is 0.344 e. The Morgan fingerprint density at radius 2 is 2.00 bits per heavy atom. The number of aromatic nitrogens is 2. The molecule has 0 N–H and O–H groups in total. The predicted octanol–water partition coefficient (Wildman–Crippen LogP) is 2.85. The Hall–Kier alpha value is -0.640. The Morgan fingerprint density at radius 3 is 2.47 bits per heavy atom. The molecule has 15 heavy (non-hydrogen) atoms. The Labute approximate surface area is 100 Å². The molecule has 0 radical (unpaired) electrons. The van der Waals surface area contributed by atoms with Crippen LogP contribution in [0.3, 0.4) is 0 Å². The van der Waals surface area contributed by atoms with Gasteiger partial charge in [-0.15, -0.1) is 0 Å². The molecule has 0 spiro atoms. The van der Waals surface area contributed by atoms with Crippen molar-refractivity contribution in [3.8, 4) is 0 Å². The minimum absolute atomic E-state index is 0.675. The summed E-state index contributed by atoms with van der Waals surface area (Å²) < 4.78 is 0. The summed E-state index contributed by atoms with van der Waals surface area (Å²) in [6.45, 7) is 5.45. The van der Waals surface area contributed by atoms with E-state index in [-0.39, 0.29) is 0 Å². The zero-order valence-corrected chi connectivity index (χ0v) is 11.2. The van der Waals surface area contributed by atoms with Crippen molar-refractivity contribution in [2.75, 3.05) is 18.5 Å². The van der Waals surface area contributed by atoms with E-state index in [1.165, 1.54) is 6.42 Å². The molecule has 1 unspecified atom stereocenters. The van der Waals surface area contributed by atoms with Crippen LogP contribution in [0.15, 0.2) is 12.4 Å². The second-order valence-electron chi connectivity index (χ2n) is 3.92. The minimum atomic E-state index is 0.675. The fourth-order valence-electron chi connectivity index (χ4n) is 1.29. The van der Waals surface area contributed by atoms with Gasteiger partial charge in [0.05, 0.1) is 0 Å². The number of hydrogen-bond donors (Lipinski definition) is 0. The molecule has 3 nitrogen and oxygen atoms in total. The van der Waals surface area contributed by atoms with Crippen molar-refractivity contribution in [2.24, 2.45) is 5.92 Å². The maximum absolute atomic E-state index is 4.32. The van der Waals surface area contributed by atoms with Crippen LogP contribution >= 0.6 is 15.9 Å². The molecule has 0 bridgehead atoms. The fraction of sp³-hybridized carbons (Fsp3) is 0.636. The highest BCUT2D eigenvalue weighted by Gasteiger charge is 2.07. The van der Waals surface area contributed by atoms with Crippen molar-refractivity contribution in [1.82, 2.24) is 9.97 Å². The highest BCUT2D eigenvalue weighted by molar-refractivity contribution is 9.08. The van der Waals surface area contributed by atoms with E-state index in [0.29, 0.717) is 5.92 Å². The third kappa shape index (κ3) is 3.78. The molecule has 0 aromatic carbocycles. The van der Waals surface area contributed by atoms with Gasteiger partial charge in [-0.3, -0.25) is 0 Å². The molecule has 0 aliphatic heterocycles. The van der Waals surface area contributed by atoms with Crippen LogP contribution in [0.25, 0.3) is 0 Å². The Bertz CT molecular complexity index is 286. The molecule has 4 heteroatoms. The summed E-state index contributed by atoms with van der Waals surface area (Å²) in [4.78, 5) is 10.7. The van der Waals surface area contributed by atoms with Gasteiger partial charge in [0.2, 0.25) is 5.95 Å². The second kappa shape index (κ2) is 6.05. The van der Waals surface area contributed by atoms with Gasteiger partial charge in [0.1, 0.15) is 0 Å². The SMILES string of the molecule is CCC(C)CN(C)c1ncc(CBr)cn1. The molecule has 0 amide bonds. The third-order valence-corrected chi connectivity index (χ3v) is 3.12. The first kappa shape index (κ1) is 12.4. The van der Waals surface area contributed by atoms with Crippen LogP contribution in [-0.2, 0) is 5.33 Å². The molecule has 0 saturated carbocycles. The fourth-order valence-corrected chi connectivity index (χ4v) is 1.58. The van der Waals surface area contributed by atoms with Crippen molar-refractivity contribution in [1.29, 1.82) is 0 Å². The van der Waals surface area contributed by atoms with Crippen molar-refractivity contribution in [3.63, 3.8) is 0 Å². The van der Waals surface area contributed by atoms with Crippen LogP contribution in [0.5, 0.6) is 0 Å². The van der Waals surface area contributed by atoms with Crippen molar-refractivity contribution >= 4 is 21.9 Å². The molecule has 1 atom stereocenters. The van der Waals surface area contributed by atoms with Gasteiger partial charge in [0, 0.05) is 31.3 Å². The van der Waals surface area contributed by atoms with Crippen LogP contribution in [0.4, 0.5) is 5.95 Å². The van der Waals surface area contributed by atoms with Gasteiger partial charge in [-0.2, -0.15) is 0 Å². The van der Waals surface area contributed by atoms with Crippen molar-refractivity contribution in [2.45, 2.75) is 25.6 Å². The monoisotopic (exact) mass is 271 g/mol. The van der Waals surface area contributed by atoms with Gasteiger partial charge in [-0.1, -0.05) is 36.2 Å². The first-order chi connectivity index (χ1) is 7.17. The van der Waals surface area contributed by atoms with E-state index in [1.54, 1.807) is 0 Å². The lowest BCUT2D eigenvalue weighted by Gasteiger charge is -2.20. The van der Waals surface area contributed by atoms with Gasteiger partial charge >= 0.3 is 0 Å². The lowest BCUT2D eigenvalue weighted by molar-refractivity contribution is 0.555. The number of anilines is 1. The molecule has 1 aromatic heterocycles.